The molecule has 0 aliphatic carbocycles. The van der Waals surface area contributed by atoms with E-state index in [0.717, 1.165) is 17.1 Å². The number of H-pyrrole nitrogens is 1. The number of rotatable bonds is 5. The summed E-state index contributed by atoms with van der Waals surface area (Å²) in [6.45, 7) is 7.29. The molecule has 0 aliphatic heterocycles. The molecule has 1 aromatic carbocycles. The normalized spacial score (nSPS) is 12.0. The van der Waals surface area contributed by atoms with Crippen LogP contribution in [0.15, 0.2) is 30.3 Å². The van der Waals surface area contributed by atoms with E-state index in [-0.39, 0.29) is 0 Å². The van der Waals surface area contributed by atoms with Gasteiger partial charge in [-0.3, -0.25) is 9.89 Å². The molecule has 0 bridgehead atoms. The van der Waals surface area contributed by atoms with E-state index in [1.54, 1.807) is 42.8 Å². The monoisotopic (exact) mass is 367 g/mol. The lowest BCUT2D eigenvalue weighted by Crippen LogP contribution is -2.34. The molecule has 0 unspecified atom stereocenters. The molecule has 0 radical (unpaired) electrons. The number of carboxylic acids is 1. The lowest BCUT2D eigenvalue weighted by molar-refractivity contribution is -0.139. The second-order valence-corrected chi connectivity index (χ2v) is 6.48. The van der Waals surface area contributed by atoms with Gasteiger partial charge in [-0.25, -0.2) is 9.48 Å². The highest BCUT2D eigenvalue weighted by molar-refractivity contribution is 5.97. The summed E-state index contributed by atoms with van der Waals surface area (Å²) in [7, 11) is 0. The predicted octanol–water partition coefficient (Wildman–Crippen LogP) is 2.38. The molecular formula is C19H21N5O3. The van der Waals surface area contributed by atoms with E-state index in [1.165, 1.54) is 0 Å². The summed E-state index contributed by atoms with van der Waals surface area (Å²) in [4.78, 5) is 24.2. The number of aliphatic carboxylic acids is 1. The summed E-state index contributed by atoms with van der Waals surface area (Å²) < 4.78 is 1.79. The molecule has 1 amide bonds. The molecule has 8 nitrogen and oxygen atoms in total. The van der Waals surface area contributed by atoms with Gasteiger partial charge in [0.05, 0.1) is 17.1 Å². The van der Waals surface area contributed by atoms with Crippen molar-refractivity contribution < 1.29 is 14.7 Å². The molecule has 140 valence electrons. The van der Waals surface area contributed by atoms with Gasteiger partial charge in [-0.15, -0.1) is 0 Å². The number of benzene rings is 1. The van der Waals surface area contributed by atoms with Crippen molar-refractivity contribution in [3.63, 3.8) is 0 Å². The van der Waals surface area contributed by atoms with E-state index in [4.69, 9.17) is 0 Å². The van der Waals surface area contributed by atoms with Crippen LogP contribution in [0.5, 0.6) is 0 Å². The zero-order valence-corrected chi connectivity index (χ0v) is 15.6. The lowest BCUT2D eigenvalue weighted by atomic mass is 10.0. The number of hydrogen-bond acceptors (Lipinski definition) is 4. The summed E-state index contributed by atoms with van der Waals surface area (Å²) in [5.41, 5.74) is 4.71. The average molecular weight is 367 g/mol. The number of nitrogens with one attached hydrogen (secondary N) is 2. The Morgan fingerprint density at radius 3 is 2.30 bits per heavy atom. The maximum Gasteiger partial charge on any atom is 0.331 e. The second-order valence-electron chi connectivity index (χ2n) is 6.48. The highest BCUT2D eigenvalue weighted by atomic mass is 16.4. The van der Waals surface area contributed by atoms with E-state index in [9.17, 15) is 14.7 Å². The van der Waals surface area contributed by atoms with Gasteiger partial charge in [-0.2, -0.15) is 10.2 Å². The molecule has 3 rings (SSSR count). The molecule has 2 aromatic heterocycles. The van der Waals surface area contributed by atoms with E-state index >= 15 is 0 Å². The molecule has 3 aromatic rings. The average Bonchev–Trinajstić information content (AvgIpc) is 3.13. The summed E-state index contributed by atoms with van der Waals surface area (Å²) in [5, 5.41) is 23.3. The summed E-state index contributed by atoms with van der Waals surface area (Å²) in [5.74, 6) is -1.61. The van der Waals surface area contributed by atoms with Gasteiger partial charge in [-0.1, -0.05) is 0 Å². The number of aromatic amines is 1. The number of carbonyl (C=O) groups excluding carboxylic acids is 1. The molecule has 0 saturated heterocycles. The molecule has 0 spiro atoms. The minimum absolute atomic E-state index is 0.366. The molecule has 3 N–H and O–H groups in total. The molecule has 27 heavy (non-hydrogen) atoms. The summed E-state index contributed by atoms with van der Waals surface area (Å²) in [6.07, 6.45) is 0. The van der Waals surface area contributed by atoms with E-state index in [0.29, 0.717) is 22.5 Å². The highest BCUT2D eigenvalue weighted by Crippen LogP contribution is 2.21. The predicted molar refractivity (Wildman–Crippen MR) is 98.9 cm³/mol. The molecular weight excluding hydrogens is 346 g/mol. The Morgan fingerprint density at radius 1 is 1.15 bits per heavy atom. The molecule has 8 heteroatoms. The Balaban J connectivity index is 1.83. The largest absolute Gasteiger partial charge is 0.479 e. The van der Waals surface area contributed by atoms with Crippen molar-refractivity contribution in [2.24, 2.45) is 0 Å². The van der Waals surface area contributed by atoms with Gasteiger partial charge in [0.15, 0.2) is 6.04 Å². The first-order valence-electron chi connectivity index (χ1n) is 8.46. The SMILES string of the molecule is Cc1cc(C)n(-c2ccc(C(=O)N[C@@H](C(=O)O)c3c(C)n[nH]c3C)cc2)n1. The molecule has 0 aliphatic rings. The Labute approximate surface area is 156 Å². The van der Waals surface area contributed by atoms with Crippen LogP contribution in [0.4, 0.5) is 0 Å². The highest BCUT2D eigenvalue weighted by Gasteiger charge is 2.27. The second kappa shape index (κ2) is 7.06. The number of aromatic nitrogens is 4. The number of carboxylic acid groups (broad SMARTS) is 1. The summed E-state index contributed by atoms with van der Waals surface area (Å²) in [6, 6.07) is 7.64. The van der Waals surface area contributed by atoms with Crippen molar-refractivity contribution >= 4 is 11.9 Å². The molecule has 2 heterocycles. The van der Waals surface area contributed by atoms with Crippen molar-refractivity contribution in [1.29, 1.82) is 0 Å². The topological polar surface area (TPSA) is 113 Å². The Bertz CT molecular complexity index is 982. The van der Waals surface area contributed by atoms with E-state index in [2.05, 4.69) is 20.6 Å². The minimum Gasteiger partial charge on any atom is -0.479 e. The van der Waals surface area contributed by atoms with E-state index < -0.39 is 17.9 Å². The van der Waals surface area contributed by atoms with Gasteiger partial charge in [0.25, 0.3) is 5.91 Å². The van der Waals surface area contributed by atoms with Crippen LogP contribution in [0.25, 0.3) is 5.69 Å². The summed E-state index contributed by atoms with van der Waals surface area (Å²) >= 11 is 0. The fraction of sp³-hybridized carbons (Fsp3) is 0.263. The van der Waals surface area contributed by atoms with Crippen LogP contribution in [0.2, 0.25) is 0 Å². The van der Waals surface area contributed by atoms with Gasteiger partial charge < -0.3 is 10.4 Å². The fourth-order valence-electron chi connectivity index (χ4n) is 3.10. The third kappa shape index (κ3) is 3.59. The molecule has 0 saturated carbocycles. The lowest BCUT2D eigenvalue weighted by Gasteiger charge is -2.15. The van der Waals surface area contributed by atoms with Gasteiger partial charge >= 0.3 is 5.97 Å². The van der Waals surface area contributed by atoms with Crippen LogP contribution in [0.1, 0.15) is 44.7 Å². The third-order valence-corrected chi connectivity index (χ3v) is 4.38. The van der Waals surface area contributed by atoms with Gasteiger partial charge in [0.1, 0.15) is 0 Å². The third-order valence-electron chi connectivity index (χ3n) is 4.38. The number of carbonyl (C=O) groups is 2. The van der Waals surface area contributed by atoms with Crippen LogP contribution in [0.3, 0.4) is 0 Å². The standard InChI is InChI=1S/C19H21N5O3/c1-10-9-11(2)24(23-10)15-7-5-14(6-8-15)18(25)20-17(19(26)27)16-12(3)21-22-13(16)4/h5-9,17H,1-4H3,(H,20,25)(H,21,22)(H,26,27)/t17-/m1/s1. The van der Waals surface area contributed by atoms with E-state index in [1.807, 2.05) is 19.9 Å². The van der Waals surface area contributed by atoms with Crippen molar-refractivity contribution in [3.8, 4) is 5.69 Å². The smallest absolute Gasteiger partial charge is 0.331 e. The van der Waals surface area contributed by atoms with Gasteiger partial charge in [0.2, 0.25) is 0 Å². The Hall–Kier alpha value is -3.42. The first-order valence-corrected chi connectivity index (χ1v) is 8.46. The van der Waals surface area contributed by atoms with Crippen LogP contribution >= 0.6 is 0 Å². The minimum atomic E-state index is -1.17. The van der Waals surface area contributed by atoms with Gasteiger partial charge in [0, 0.05) is 22.5 Å². The number of aryl methyl sites for hydroxylation is 4. The van der Waals surface area contributed by atoms with Crippen molar-refractivity contribution in [1.82, 2.24) is 25.3 Å². The Morgan fingerprint density at radius 2 is 1.81 bits per heavy atom. The first kappa shape index (κ1) is 18.4. The van der Waals surface area contributed by atoms with Crippen molar-refractivity contribution in [3.05, 3.63) is 64.2 Å². The zero-order chi connectivity index (χ0) is 19.7. The zero-order valence-electron chi connectivity index (χ0n) is 15.6. The Kier molecular flexibility index (Phi) is 4.81. The van der Waals surface area contributed by atoms with Crippen molar-refractivity contribution in [2.45, 2.75) is 33.7 Å². The molecule has 0 fully saturated rings. The fourth-order valence-corrected chi connectivity index (χ4v) is 3.10. The maximum absolute atomic E-state index is 12.6. The quantitative estimate of drug-likeness (QED) is 0.641. The number of nitrogens with zero attached hydrogens (tertiary/aromatic N) is 3. The number of hydrogen-bond donors (Lipinski definition) is 3. The first-order chi connectivity index (χ1) is 12.8. The van der Waals surface area contributed by atoms with Crippen LogP contribution in [-0.4, -0.2) is 37.0 Å². The maximum atomic E-state index is 12.6. The number of amides is 1. The molecule has 1 atom stereocenters. The van der Waals surface area contributed by atoms with Gasteiger partial charge in [-0.05, 0) is 58.0 Å². The van der Waals surface area contributed by atoms with Crippen LogP contribution in [-0.2, 0) is 4.79 Å². The van der Waals surface area contributed by atoms with Crippen LogP contribution in [0, 0.1) is 27.7 Å². The van der Waals surface area contributed by atoms with Crippen LogP contribution < -0.4 is 5.32 Å². The van der Waals surface area contributed by atoms with Crippen molar-refractivity contribution in [2.75, 3.05) is 0 Å².